The van der Waals surface area contributed by atoms with Gasteiger partial charge in [-0.2, -0.15) is 0 Å². The second-order valence-electron chi connectivity index (χ2n) is 5.58. The Morgan fingerprint density at radius 2 is 1.80 bits per heavy atom. The Kier molecular flexibility index (Phi) is 3.70. The van der Waals surface area contributed by atoms with Gasteiger partial charge in [0.2, 0.25) is 5.91 Å². The lowest BCUT2D eigenvalue weighted by Gasteiger charge is -2.30. The number of carbonyl (C=O) groups is 1. The molecule has 2 aromatic carbocycles. The summed E-state index contributed by atoms with van der Waals surface area (Å²) in [6, 6.07) is 14.8. The Balaban J connectivity index is 1.71. The molecule has 1 amide bonds. The fourth-order valence-electron chi connectivity index (χ4n) is 2.78. The molecule has 0 saturated carbocycles. The van der Waals surface area contributed by atoms with Gasteiger partial charge in [-0.1, -0.05) is 42.5 Å². The third-order valence-electron chi connectivity index (χ3n) is 4.06. The van der Waals surface area contributed by atoms with Crippen molar-refractivity contribution < 1.29 is 4.79 Å². The molecule has 0 aromatic heterocycles. The van der Waals surface area contributed by atoms with E-state index in [0.29, 0.717) is 6.42 Å². The van der Waals surface area contributed by atoms with Gasteiger partial charge >= 0.3 is 0 Å². The van der Waals surface area contributed by atoms with E-state index in [1.54, 1.807) is 0 Å². The number of rotatable bonds is 2. The molecule has 1 heterocycles. The molecule has 0 radical (unpaired) electrons. The first kappa shape index (κ1) is 13.1. The van der Waals surface area contributed by atoms with E-state index in [1.165, 1.54) is 10.8 Å². The lowest BCUT2D eigenvalue weighted by Crippen LogP contribution is -2.43. The van der Waals surface area contributed by atoms with Crippen LogP contribution in [0.15, 0.2) is 42.5 Å². The van der Waals surface area contributed by atoms with Gasteiger partial charge in [-0.05, 0) is 29.2 Å². The van der Waals surface area contributed by atoms with E-state index >= 15 is 0 Å². The molecule has 20 heavy (non-hydrogen) atoms. The Hall–Kier alpha value is -1.87. The van der Waals surface area contributed by atoms with E-state index in [-0.39, 0.29) is 11.9 Å². The summed E-state index contributed by atoms with van der Waals surface area (Å²) in [6.07, 6.45) is 2.33. The number of amides is 1. The Bertz CT molecular complexity index is 615. The van der Waals surface area contributed by atoms with Crippen molar-refractivity contribution in [1.82, 2.24) is 4.90 Å². The van der Waals surface area contributed by atoms with Crippen molar-refractivity contribution in [2.45, 2.75) is 25.3 Å². The largest absolute Gasteiger partial charge is 0.342 e. The number of benzene rings is 2. The van der Waals surface area contributed by atoms with Crippen molar-refractivity contribution in [3.8, 4) is 0 Å². The molecule has 1 aliphatic heterocycles. The molecule has 2 aromatic rings. The zero-order valence-corrected chi connectivity index (χ0v) is 11.6. The van der Waals surface area contributed by atoms with Gasteiger partial charge in [-0.3, -0.25) is 4.79 Å². The summed E-state index contributed by atoms with van der Waals surface area (Å²) < 4.78 is 0. The van der Waals surface area contributed by atoms with E-state index in [9.17, 15) is 4.79 Å². The van der Waals surface area contributed by atoms with Crippen LogP contribution < -0.4 is 5.73 Å². The molecule has 1 saturated heterocycles. The number of hydrogen-bond acceptors (Lipinski definition) is 2. The molecule has 3 nitrogen and oxygen atoms in total. The Morgan fingerprint density at radius 3 is 2.55 bits per heavy atom. The van der Waals surface area contributed by atoms with Crippen LogP contribution >= 0.6 is 0 Å². The van der Waals surface area contributed by atoms with Crippen molar-refractivity contribution in [1.29, 1.82) is 0 Å². The molecule has 0 spiro atoms. The van der Waals surface area contributed by atoms with E-state index in [1.807, 2.05) is 17.0 Å². The number of fused-ring (bicyclic) bond motifs is 1. The zero-order valence-electron chi connectivity index (χ0n) is 11.6. The minimum Gasteiger partial charge on any atom is -0.342 e. The van der Waals surface area contributed by atoms with Crippen molar-refractivity contribution >= 4 is 16.7 Å². The Morgan fingerprint density at radius 1 is 1.10 bits per heavy atom. The topological polar surface area (TPSA) is 46.3 Å². The van der Waals surface area contributed by atoms with Crippen molar-refractivity contribution in [3.05, 3.63) is 48.0 Å². The average Bonchev–Trinajstić information content (AvgIpc) is 2.48. The first-order valence-electron chi connectivity index (χ1n) is 7.23. The van der Waals surface area contributed by atoms with Crippen LogP contribution in [0.2, 0.25) is 0 Å². The number of likely N-dealkylation sites (tertiary alicyclic amines) is 1. The van der Waals surface area contributed by atoms with Gasteiger partial charge in [0, 0.05) is 19.1 Å². The summed E-state index contributed by atoms with van der Waals surface area (Å²) in [6.45, 7) is 1.60. The fourth-order valence-corrected chi connectivity index (χ4v) is 2.78. The van der Waals surface area contributed by atoms with Crippen molar-refractivity contribution in [2.75, 3.05) is 13.1 Å². The van der Waals surface area contributed by atoms with Crippen molar-refractivity contribution in [2.24, 2.45) is 5.73 Å². The van der Waals surface area contributed by atoms with Crippen molar-refractivity contribution in [3.63, 3.8) is 0 Å². The van der Waals surface area contributed by atoms with Gasteiger partial charge in [-0.15, -0.1) is 0 Å². The highest BCUT2D eigenvalue weighted by molar-refractivity contribution is 5.85. The maximum Gasteiger partial charge on any atom is 0.226 e. The molecule has 0 aliphatic carbocycles. The minimum absolute atomic E-state index is 0.215. The highest BCUT2D eigenvalue weighted by atomic mass is 16.2. The molecular formula is C17H20N2O. The van der Waals surface area contributed by atoms with Crippen LogP contribution in [0.1, 0.15) is 18.4 Å². The molecule has 2 N–H and O–H groups in total. The predicted molar refractivity (Wildman–Crippen MR) is 81.4 cm³/mol. The normalized spacial score (nSPS) is 16.6. The van der Waals surface area contributed by atoms with Crippen LogP contribution in [0.3, 0.4) is 0 Å². The van der Waals surface area contributed by atoms with Gasteiger partial charge in [0.15, 0.2) is 0 Å². The zero-order chi connectivity index (χ0) is 13.9. The van der Waals surface area contributed by atoms with E-state index in [2.05, 4.69) is 30.3 Å². The lowest BCUT2D eigenvalue weighted by molar-refractivity contribution is -0.131. The van der Waals surface area contributed by atoms with Crippen LogP contribution in [0.25, 0.3) is 10.8 Å². The second-order valence-corrected chi connectivity index (χ2v) is 5.58. The number of nitrogens with two attached hydrogens (primary N) is 1. The predicted octanol–water partition coefficient (Wildman–Crippen LogP) is 2.33. The maximum atomic E-state index is 12.3. The van der Waals surface area contributed by atoms with E-state index in [4.69, 9.17) is 5.73 Å². The van der Waals surface area contributed by atoms with E-state index in [0.717, 1.165) is 31.5 Å². The third kappa shape index (κ3) is 2.83. The summed E-state index contributed by atoms with van der Waals surface area (Å²) in [5.41, 5.74) is 6.96. The quantitative estimate of drug-likeness (QED) is 0.908. The second kappa shape index (κ2) is 5.63. The van der Waals surface area contributed by atoms with Gasteiger partial charge in [0.25, 0.3) is 0 Å². The van der Waals surface area contributed by atoms with Gasteiger partial charge in [-0.25, -0.2) is 0 Å². The molecule has 104 valence electrons. The Labute approximate surface area is 119 Å². The molecular weight excluding hydrogens is 248 g/mol. The highest BCUT2D eigenvalue weighted by Gasteiger charge is 2.20. The molecule has 1 aliphatic rings. The molecule has 3 heteroatoms. The van der Waals surface area contributed by atoms with Crippen LogP contribution in [-0.4, -0.2) is 29.9 Å². The van der Waals surface area contributed by atoms with Crippen LogP contribution in [0.4, 0.5) is 0 Å². The van der Waals surface area contributed by atoms with Gasteiger partial charge in [0.05, 0.1) is 6.42 Å². The third-order valence-corrected chi connectivity index (χ3v) is 4.06. The molecule has 0 atom stereocenters. The van der Waals surface area contributed by atoms with Gasteiger partial charge < -0.3 is 10.6 Å². The summed E-state index contributed by atoms with van der Waals surface area (Å²) >= 11 is 0. The summed E-state index contributed by atoms with van der Waals surface area (Å²) in [5, 5.41) is 2.41. The smallest absolute Gasteiger partial charge is 0.226 e. The number of carbonyl (C=O) groups excluding carboxylic acids is 1. The highest BCUT2D eigenvalue weighted by Crippen LogP contribution is 2.17. The minimum atomic E-state index is 0.215. The lowest BCUT2D eigenvalue weighted by atomic mass is 10.0. The number of hydrogen-bond donors (Lipinski definition) is 1. The number of piperidine rings is 1. The number of nitrogens with zero attached hydrogens (tertiary/aromatic N) is 1. The molecule has 3 rings (SSSR count). The van der Waals surface area contributed by atoms with Gasteiger partial charge in [0.1, 0.15) is 0 Å². The van der Waals surface area contributed by atoms with Crippen LogP contribution in [0.5, 0.6) is 0 Å². The molecule has 0 bridgehead atoms. The molecule has 0 unspecified atom stereocenters. The standard InChI is InChI=1S/C17H20N2O/c18-16-7-9-19(10-8-16)17(20)12-13-5-6-14-3-1-2-4-15(14)11-13/h1-6,11,16H,7-10,12,18H2. The summed E-state index contributed by atoms with van der Waals surface area (Å²) in [4.78, 5) is 14.2. The fraction of sp³-hybridized carbons (Fsp3) is 0.353. The SMILES string of the molecule is NC1CCN(C(=O)Cc2ccc3ccccc3c2)CC1. The maximum absolute atomic E-state index is 12.3. The first-order chi connectivity index (χ1) is 9.72. The van der Waals surface area contributed by atoms with Crippen LogP contribution in [0, 0.1) is 0 Å². The molecule has 1 fully saturated rings. The summed E-state index contributed by atoms with van der Waals surface area (Å²) in [5.74, 6) is 0.215. The van der Waals surface area contributed by atoms with Crippen LogP contribution in [-0.2, 0) is 11.2 Å². The first-order valence-corrected chi connectivity index (χ1v) is 7.23. The monoisotopic (exact) mass is 268 g/mol. The average molecular weight is 268 g/mol. The van der Waals surface area contributed by atoms with E-state index < -0.39 is 0 Å². The summed E-state index contributed by atoms with van der Waals surface area (Å²) in [7, 11) is 0.